The summed E-state index contributed by atoms with van der Waals surface area (Å²) in [5.74, 6) is 0.480. The lowest BCUT2D eigenvalue weighted by Crippen LogP contribution is -2.51. The van der Waals surface area contributed by atoms with Crippen molar-refractivity contribution < 1.29 is 13.2 Å². The first kappa shape index (κ1) is 16.4. The molecule has 2 N–H and O–H groups in total. The molecule has 0 bridgehead atoms. The Balaban J connectivity index is 1.94. The lowest BCUT2D eigenvalue weighted by molar-refractivity contribution is 0.353. The van der Waals surface area contributed by atoms with Gasteiger partial charge >= 0.3 is 0 Å². The number of aromatic nitrogens is 2. The van der Waals surface area contributed by atoms with Gasteiger partial charge in [-0.2, -0.15) is 17.4 Å². The van der Waals surface area contributed by atoms with E-state index >= 15 is 0 Å². The molecule has 1 aromatic heterocycles. The molecule has 2 heterocycles. The van der Waals surface area contributed by atoms with Crippen LogP contribution in [0.15, 0.2) is 11.0 Å². The zero-order chi connectivity index (χ0) is 16.5. The Morgan fingerprint density at radius 1 is 1.26 bits per heavy atom. The topological polar surface area (TPSA) is 104 Å². The third-order valence-corrected chi connectivity index (χ3v) is 6.32. The van der Waals surface area contributed by atoms with Gasteiger partial charge in [0, 0.05) is 13.1 Å². The molecule has 23 heavy (non-hydrogen) atoms. The van der Waals surface area contributed by atoms with Crippen molar-refractivity contribution >= 4 is 10.2 Å². The number of hydrogen-bond donors (Lipinski definition) is 2. The Labute approximate surface area is 135 Å². The van der Waals surface area contributed by atoms with Crippen LogP contribution < -0.4 is 15.0 Å². The third kappa shape index (κ3) is 3.13. The molecule has 1 aliphatic heterocycles. The monoisotopic (exact) mass is 342 g/mol. The number of methoxy groups -OCH3 is 1. The highest BCUT2D eigenvalue weighted by atomic mass is 32.2. The molecule has 0 amide bonds. The van der Waals surface area contributed by atoms with Crippen LogP contribution in [0.4, 0.5) is 0 Å². The van der Waals surface area contributed by atoms with Gasteiger partial charge in [0.15, 0.2) is 0 Å². The second kappa shape index (κ2) is 6.21. The summed E-state index contributed by atoms with van der Waals surface area (Å²) in [6, 6.07) is 0. The standard InChI is InChI=1S/C14H22N4O4S/c1-22-11-10-15-13(16-12(11)19)14(6-2-3-7-14)17-23(20,21)18-8-4-5-9-18/h10,17H,2-9H2,1H3,(H,15,16,19). The van der Waals surface area contributed by atoms with Crippen LogP contribution in [-0.2, 0) is 15.7 Å². The molecule has 2 fully saturated rings. The fraction of sp³-hybridized carbons (Fsp3) is 0.714. The maximum atomic E-state index is 12.6. The van der Waals surface area contributed by atoms with Crippen LogP contribution in [0.3, 0.4) is 0 Å². The lowest BCUT2D eigenvalue weighted by atomic mass is 9.98. The fourth-order valence-electron chi connectivity index (χ4n) is 3.38. The minimum Gasteiger partial charge on any atom is -0.490 e. The summed E-state index contributed by atoms with van der Waals surface area (Å²) in [6.45, 7) is 1.08. The van der Waals surface area contributed by atoms with Crippen LogP contribution in [0.25, 0.3) is 0 Å². The van der Waals surface area contributed by atoms with Gasteiger partial charge in [0.1, 0.15) is 5.82 Å². The van der Waals surface area contributed by atoms with Crippen molar-refractivity contribution in [2.75, 3.05) is 20.2 Å². The number of aromatic amines is 1. The molecule has 0 radical (unpaired) electrons. The molecule has 9 heteroatoms. The number of nitrogens with one attached hydrogen (secondary N) is 2. The lowest BCUT2D eigenvalue weighted by Gasteiger charge is -2.31. The zero-order valence-corrected chi connectivity index (χ0v) is 14.0. The summed E-state index contributed by atoms with van der Waals surface area (Å²) in [6.07, 6.45) is 6.12. The predicted octanol–water partition coefficient (Wildman–Crippen LogP) is 0.478. The van der Waals surface area contributed by atoms with E-state index in [0.29, 0.717) is 31.8 Å². The van der Waals surface area contributed by atoms with Crippen LogP contribution in [0.1, 0.15) is 44.3 Å². The largest absolute Gasteiger partial charge is 0.490 e. The Bertz CT molecular complexity index is 719. The van der Waals surface area contributed by atoms with Crippen LogP contribution in [0.5, 0.6) is 5.75 Å². The van der Waals surface area contributed by atoms with E-state index in [2.05, 4.69) is 14.7 Å². The van der Waals surface area contributed by atoms with Crippen molar-refractivity contribution in [3.63, 3.8) is 0 Å². The van der Waals surface area contributed by atoms with Crippen LogP contribution in [0, 0.1) is 0 Å². The Morgan fingerprint density at radius 2 is 1.91 bits per heavy atom. The number of ether oxygens (including phenoxy) is 1. The van der Waals surface area contributed by atoms with Crippen LogP contribution >= 0.6 is 0 Å². The van der Waals surface area contributed by atoms with Gasteiger partial charge in [0.05, 0.1) is 18.8 Å². The molecule has 1 saturated carbocycles. The summed E-state index contributed by atoms with van der Waals surface area (Å²) >= 11 is 0. The summed E-state index contributed by atoms with van der Waals surface area (Å²) in [5, 5.41) is 0. The van der Waals surface area contributed by atoms with Crippen molar-refractivity contribution in [1.82, 2.24) is 19.0 Å². The second-order valence-corrected chi connectivity index (χ2v) is 7.80. The van der Waals surface area contributed by atoms with Crippen LogP contribution in [0.2, 0.25) is 0 Å². The first-order valence-electron chi connectivity index (χ1n) is 7.90. The van der Waals surface area contributed by atoms with E-state index in [9.17, 15) is 13.2 Å². The van der Waals surface area contributed by atoms with E-state index in [0.717, 1.165) is 25.7 Å². The summed E-state index contributed by atoms with van der Waals surface area (Å²) in [7, 11) is -2.19. The van der Waals surface area contributed by atoms with Gasteiger partial charge in [-0.15, -0.1) is 0 Å². The molecule has 2 aliphatic rings. The maximum Gasteiger partial charge on any atom is 0.293 e. The number of H-pyrrole nitrogens is 1. The number of rotatable bonds is 5. The molecule has 3 rings (SSSR count). The van der Waals surface area contributed by atoms with Crippen molar-refractivity contribution in [3.8, 4) is 5.75 Å². The summed E-state index contributed by atoms with van der Waals surface area (Å²) < 4.78 is 34.5. The molecule has 1 aliphatic carbocycles. The van der Waals surface area contributed by atoms with Gasteiger partial charge in [0.25, 0.3) is 15.8 Å². The third-order valence-electron chi connectivity index (χ3n) is 4.63. The average molecular weight is 342 g/mol. The van der Waals surface area contributed by atoms with E-state index in [1.54, 1.807) is 0 Å². The molecule has 8 nitrogen and oxygen atoms in total. The zero-order valence-electron chi connectivity index (χ0n) is 13.2. The van der Waals surface area contributed by atoms with Crippen molar-refractivity contribution in [2.24, 2.45) is 0 Å². The molecule has 1 saturated heterocycles. The van der Waals surface area contributed by atoms with Gasteiger partial charge < -0.3 is 9.72 Å². The first-order valence-corrected chi connectivity index (χ1v) is 9.34. The molecule has 0 unspecified atom stereocenters. The highest BCUT2D eigenvalue weighted by Gasteiger charge is 2.43. The SMILES string of the molecule is COc1cnc(C2(NS(=O)(=O)N3CCCC3)CCCC2)[nH]c1=O. The first-order chi connectivity index (χ1) is 11.0. The normalized spacial score (nSPS) is 21.6. The van der Waals surface area contributed by atoms with Gasteiger partial charge in [-0.1, -0.05) is 12.8 Å². The summed E-state index contributed by atoms with van der Waals surface area (Å²) in [5.41, 5.74) is -1.24. The second-order valence-electron chi connectivity index (χ2n) is 6.13. The molecular weight excluding hydrogens is 320 g/mol. The Hall–Kier alpha value is -1.45. The quantitative estimate of drug-likeness (QED) is 0.810. The smallest absolute Gasteiger partial charge is 0.293 e. The molecule has 1 aromatic rings. The highest BCUT2D eigenvalue weighted by Crippen LogP contribution is 2.38. The molecular formula is C14H22N4O4S. The van der Waals surface area contributed by atoms with Crippen molar-refractivity contribution in [1.29, 1.82) is 0 Å². The van der Waals surface area contributed by atoms with Crippen molar-refractivity contribution in [3.05, 3.63) is 22.4 Å². The van der Waals surface area contributed by atoms with Gasteiger partial charge in [-0.25, -0.2) is 4.98 Å². The van der Waals surface area contributed by atoms with Gasteiger partial charge in [-0.3, -0.25) is 4.79 Å². The van der Waals surface area contributed by atoms with Crippen molar-refractivity contribution in [2.45, 2.75) is 44.1 Å². The Morgan fingerprint density at radius 3 is 2.48 bits per heavy atom. The summed E-state index contributed by atoms with van der Waals surface area (Å²) in [4.78, 5) is 18.9. The molecule has 0 aromatic carbocycles. The van der Waals surface area contributed by atoms with Crippen LogP contribution in [-0.4, -0.2) is 42.9 Å². The van der Waals surface area contributed by atoms with E-state index in [1.807, 2.05) is 0 Å². The molecule has 0 spiro atoms. The average Bonchev–Trinajstić information content (AvgIpc) is 3.19. The molecule has 0 atom stereocenters. The van der Waals surface area contributed by atoms with E-state index < -0.39 is 21.3 Å². The van der Waals surface area contributed by atoms with E-state index in [1.165, 1.54) is 17.6 Å². The van der Waals surface area contributed by atoms with E-state index in [-0.39, 0.29) is 5.75 Å². The minimum absolute atomic E-state index is 0.115. The van der Waals surface area contributed by atoms with E-state index in [4.69, 9.17) is 4.74 Å². The predicted molar refractivity (Wildman–Crippen MR) is 84.4 cm³/mol. The highest BCUT2D eigenvalue weighted by molar-refractivity contribution is 7.87. The fourth-order valence-corrected chi connectivity index (χ4v) is 5.04. The molecule has 128 valence electrons. The van der Waals surface area contributed by atoms with Gasteiger partial charge in [0.2, 0.25) is 5.75 Å². The number of hydrogen-bond acceptors (Lipinski definition) is 5. The maximum absolute atomic E-state index is 12.6. The number of nitrogens with zero attached hydrogens (tertiary/aromatic N) is 2. The Kier molecular flexibility index (Phi) is 4.43. The minimum atomic E-state index is -3.59. The van der Waals surface area contributed by atoms with Gasteiger partial charge in [-0.05, 0) is 25.7 Å².